The van der Waals surface area contributed by atoms with E-state index >= 15 is 0 Å². The Balaban J connectivity index is 1.63. The fourth-order valence-corrected chi connectivity index (χ4v) is 3.41. The molecule has 3 aromatic rings. The Bertz CT molecular complexity index is 933. The zero-order valence-corrected chi connectivity index (χ0v) is 14.4. The van der Waals surface area contributed by atoms with Gasteiger partial charge in [-0.15, -0.1) is 0 Å². The van der Waals surface area contributed by atoms with Crippen LogP contribution in [0.25, 0.3) is 11.3 Å². The summed E-state index contributed by atoms with van der Waals surface area (Å²) in [5.74, 6) is 0.505. The van der Waals surface area contributed by atoms with Gasteiger partial charge in [0.25, 0.3) is 5.91 Å². The fraction of sp³-hybridized carbons (Fsp3) is 0.316. The number of halogens is 1. The van der Waals surface area contributed by atoms with Crippen molar-refractivity contribution in [2.45, 2.75) is 32.2 Å². The molecule has 3 heterocycles. The van der Waals surface area contributed by atoms with Gasteiger partial charge in [0.05, 0.1) is 23.6 Å². The van der Waals surface area contributed by atoms with Crippen LogP contribution < -0.4 is 0 Å². The first-order chi connectivity index (χ1) is 12.6. The molecule has 1 unspecified atom stereocenters. The van der Waals surface area contributed by atoms with Gasteiger partial charge in [-0.05, 0) is 38.3 Å². The normalized spacial score (nSPS) is 17.5. The smallest absolute Gasteiger partial charge is 0.292 e. The molecular weight excluding hydrogens is 335 g/mol. The van der Waals surface area contributed by atoms with Crippen LogP contribution in [0.4, 0.5) is 4.39 Å². The first-order valence-corrected chi connectivity index (χ1v) is 8.65. The van der Waals surface area contributed by atoms with Gasteiger partial charge in [-0.3, -0.25) is 4.79 Å². The van der Waals surface area contributed by atoms with Crippen LogP contribution >= 0.6 is 0 Å². The molecule has 26 heavy (non-hydrogen) atoms. The molecule has 6 nitrogen and oxygen atoms in total. The van der Waals surface area contributed by atoms with E-state index in [4.69, 9.17) is 4.42 Å². The third kappa shape index (κ3) is 3.00. The highest BCUT2D eigenvalue weighted by atomic mass is 19.1. The van der Waals surface area contributed by atoms with Crippen molar-refractivity contribution >= 4 is 5.91 Å². The van der Waals surface area contributed by atoms with Crippen molar-refractivity contribution in [3.8, 4) is 11.3 Å². The molecule has 1 aromatic carbocycles. The van der Waals surface area contributed by atoms with E-state index in [-0.39, 0.29) is 23.5 Å². The predicted octanol–water partition coefficient (Wildman–Crippen LogP) is 3.88. The second-order valence-corrected chi connectivity index (χ2v) is 6.47. The minimum atomic E-state index is -0.297. The summed E-state index contributed by atoms with van der Waals surface area (Å²) in [7, 11) is 0. The second-order valence-electron chi connectivity index (χ2n) is 6.47. The molecule has 4 rings (SSSR count). The molecule has 1 aliphatic heterocycles. The fourth-order valence-electron chi connectivity index (χ4n) is 3.41. The Kier molecular flexibility index (Phi) is 4.28. The number of rotatable bonds is 3. The quantitative estimate of drug-likeness (QED) is 0.774. The van der Waals surface area contributed by atoms with Crippen molar-refractivity contribution in [2.75, 3.05) is 6.54 Å². The Morgan fingerprint density at radius 3 is 3.00 bits per heavy atom. The molecule has 0 aliphatic carbocycles. The van der Waals surface area contributed by atoms with E-state index in [2.05, 4.69) is 15.0 Å². The number of hydrogen-bond donors (Lipinski definition) is 1. The van der Waals surface area contributed by atoms with E-state index in [1.54, 1.807) is 24.1 Å². The van der Waals surface area contributed by atoms with Crippen molar-refractivity contribution in [1.29, 1.82) is 0 Å². The van der Waals surface area contributed by atoms with Gasteiger partial charge in [0.2, 0.25) is 5.76 Å². The standard InChI is InChI=1S/C19H19FN4O2/c1-12-17(26-11-22-12)19(25)24-8-3-2-7-16(24)18-21-10-15(23-18)13-5-4-6-14(20)9-13/h4-6,9-11,16H,2-3,7-8H2,1H3,(H,21,23). The summed E-state index contributed by atoms with van der Waals surface area (Å²) in [4.78, 5) is 26.4. The Labute approximate surface area is 150 Å². The van der Waals surface area contributed by atoms with Gasteiger partial charge < -0.3 is 14.3 Å². The zero-order valence-electron chi connectivity index (χ0n) is 14.4. The van der Waals surface area contributed by atoms with Gasteiger partial charge >= 0.3 is 0 Å². The van der Waals surface area contributed by atoms with Crippen molar-refractivity contribution in [2.24, 2.45) is 0 Å². The largest absolute Gasteiger partial charge is 0.438 e. The molecular formula is C19H19FN4O2. The number of hydrogen-bond acceptors (Lipinski definition) is 4. The maximum atomic E-state index is 13.5. The van der Waals surface area contributed by atoms with E-state index < -0.39 is 0 Å². The summed E-state index contributed by atoms with van der Waals surface area (Å²) in [6.07, 6.45) is 5.74. The molecule has 1 N–H and O–H groups in total. The molecule has 1 atom stereocenters. The van der Waals surface area contributed by atoms with Crippen molar-refractivity contribution in [1.82, 2.24) is 19.9 Å². The minimum absolute atomic E-state index is 0.164. The van der Waals surface area contributed by atoms with E-state index in [1.165, 1.54) is 18.5 Å². The number of nitrogens with zero attached hydrogens (tertiary/aromatic N) is 3. The van der Waals surface area contributed by atoms with Crippen LogP contribution in [0.2, 0.25) is 0 Å². The summed E-state index contributed by atoms with van der Waals surface area (Å²) in [5.41, 5.74) is 2.04. The van der Waals surface area contributed by atoms with E-state index in [0.29, 0.717) is 18.1 Å². The van der Waals surface area contributed by atoms with Gasteiger partial charge in [-0.25, -0.2) is 14.4 Å². The van der Waals surface area contributed by atoms with E-state index in [0.717, 1.165) is 30.5 Å². The Morgan fingerprint density at radius 2 is 2.23 bits per heavy atom. The van der Waals surface area contributed by atoms with Gasteiger partial charge in [-0.2, -0.15) is 0 Å². The molecule has 1 saturated heterocycles. The van der Waals surface area contributed by atoms with Crippen LogP contribution in [0.1, 0.15) is 47.4 Å². The molecule has 0 spiro atoms. The van der Waals surface area contributed by atoms with Crippen molar-refractivity contribution < 1.29 is 13.6 Å². The number of piperidine rings is 1. The second kappa shape index (κ2) is 6.74. The maximum absolute atomic E-state index is 13.5. The molecule has 1 fully saturated rings. The van der Waals surface area contributed by atoms with Gasteiger partial charge in [0.1, 0.15) is 11.6 Å². The monoisotopic (exact) mass is 354 g/mol. The van der Waals surface area contributed by atoms with E-state index in [1.807, 2.05) is 6.07 Å². The van der Waals surface area contributed by atoms with Crippen molar-refractivity contribution in [3.63, 3.8) is 0 Å². The number of likely N-dealkylation sites (tertiary alicyclic amines) is 1. The van der Waals surface area contributed by atoms with Crippen LogP contribution in [-0.2, 0) is 0 Å². The molecule has 0 saturated carbocycles. The third-order valence-electron chi connectivity index (χ3n) is 4.75. The lowest BCUT2D eigenvalue weighted by Crippen LogP contribution is -2.39. The lowest BCUT2D eigenvalue weighted by atomic mass is 10.0. The summed E-state index contributed by atoms with van der Waals surface area (Å²) in [5, 5.41) is 0. The number of oxazole rings is 1. The summed E-state index contributed by atoms with van der Waals surface area (Å²) >= 11 is 0. The number of aromatic nitrogens is 3. The number of aryl methyl sites for hydroxylation is 1. The highest BCUT2D eigenvalue weighted by Crippen LogP contribution is 2.32. The number of benzene rings is 1. The first-order valence-electron chi connectivity index (χ1n) is 8.65. The van der Waals surface area contributed by atoms with E-state index in [9.17, 15) is 9.18 Å². The average Bonchev–Trinajstić information content (AvgIpc) is 3.30. The van der Waals surface area contributed by atoms with Crippen LogP contribution in [0.5, 0.6) is 0 Å². The number of aromatic amines is 1. The molecule has 1 amide bonds. The zero-order chi connectivity index (χ0) is 18.1. The molecule has 0 bridgehead atoms. The lowest BCUT2D eigenvalue weighted by molar-refractivity contribution is 0.0567. The summed E-state index contributed by atoms with van der Waals surface area (Å²) < 4.78 is 18.8. The third-order valence-corrected chi connectivity index (χ3v) is 4.75. The van der Waals surface area contributed by atoms with Crippen LogP contribution in [0, 0.1) is 12.7 Å². The number of carbonyl (C=O) groups excluding carboxylic acids is 1. The highest BCUT2D eigenvalue weighted by molar-refractivity contribution is 5.92. The Morgan fingerprint density at radius 1 is 1.35 bits per heavy atom. The molecule has 2 aromatic heterocycles. The minimum Gasteiger partial charge on any atom is -0.438 e. The van der Waals surface area contributed by atoms with Gasteiger partial charge in [0, 0.05) is 12.1 Å². The van der Waals surface area contributed by atoms with Crippen LogP contribution in [0.3, 0.4) is 0 Å². The van der Waals surface area contributed by atoms with Crippen LogP contribution in [0.15, 0.2) is 41.3 Å². The van der Waals surface area contributed by atoms with Gasteiger partial charge in [0.15, 0.2) is 6.39 Å². The van der Waals surface area contributed by atoms with Crippen molar-refractivity contribution in [3.05, 3.63) is 60.0 Å². The molecule has 1 aliphatic rings. The van der Waals surface area contributed by atoms with Gasteiger partial charge in [-0.1, -0.05) is 12.1 Å². The lowest BCUT2D eigenvalue weighted by Gasteiger charge is -2.34. The first kappa shape index (κ1) is 16.5. The number of amides is 1. The SMILES string of the molecule is Cc1ncoc1C(=O)N1CCCCC1c1ncc(-c2cccc(F)c2)[nH]1. The topological polar surface area (TPSA) is 75.0 Å². The highest BCUT2D eigenvalue weighted by Gasteiger charge is 2.33. The summed E-state index contributed by atoms with van der Waals surface area (Å²) in [6, 6.07) is 6.18. The molecule has 134 valence electrons. The maximum Gasteiger partial charge on any atom is 0.292 e. The summed E-state index contributed by atoms with van der Waals surface area (Å²) in [6.45, 7) is 2.39. The molecule has 0 radical (unpaired) electrons. The predicted molar refractivity (Wildman–Crippen MR) is 92.9 cm³/mol. The Hall–Kier alpha value is -2.96. The number of carbonyl (C=O) groups is 1. The number of H-pyrrole nitrogens is 1. The number of nitrogens with one attached hydrogen (secondary N) is 1. The number of imidazole rings is 1. The average molecular weight is 354 g/mol. The molecule has 7 heteroatoms. The van der Waals surface area contributed by atoms with Crippen LogP contribution in [-0.4, -0.2) is 32.3 Å².